The first-order valence-corrected chi connectivity index (χ1v) is 7.64. The normalized spacial score (nSPS) is 10.4. The Hall–Kier alpha value is -1.56. The van der Waals surface area contributed by atoms with Crippen molar-refractivity contribution in [2.45, 2.75) is 13.5 Å². The number of nitrogens with zero attached hydrogens (tertiary/aromatic N) is 1. The topological polar surface area (TPSA) is 55.6 Å². The Labute approximate surface area is 141 Å². The van der Waals surface area contributed by atoms with E-state index in [1.54, 1.807) is 6.92 Å². The molecule has 2 aromatic rings. The van der Waals surface area contributed by atoms with Gasteiger partial charge >= 0.3 is 5.97 Å². The first kappa shape index (κ1) is 18.5. The zero-order valence-corrected chi connectivity index (χ0v) is 14.6. The van der Waals surface area contributed by atoms with Crippen LogP contribution in [0.3, 0.4) is 0 Å². The summed E-state index contributed by atoms with van der Waals surface area (Å²) in [5, 5.41) is 0.518. The molecule has 0 amide bonds. The standard InChI is InChI=1S/C16H20N2O2S.ClH/c1-4-20-16(19)14-13(11-8-6-5-7-9-11)12(10-18(2)3)21-15(14)17;/h5-9H,4,10,17H2,1-3H3;1H. The van der Waals surface area contributed by atoms with Crippen LogP contribution in [0.1, 0.15) is 22.2 Å². The summed E-state index contributed by atoms with van der Waals surface area (Å²) in [7, 11) is 3.99. The van der Waals surface area contributed by atoms with Crippen LogP contribution in [0.25, 0.3) is 11.1 Å². The Balaban J connectivity index is 0.00000242. The molecule has 0 aliphatic rings. The highest BCUT2D eigenvalue weighted by Gasteiger charge is 2.24. The number of nitrogen functional groups attached to an aromatic ring is 1. The van der Waals surface area contributed by atoms with Crippen LogP contribution in [0, 0.1) is 0 Å². The van der Waals surface area contributed by atoms with E-state index in [9.17, 15) is 4.79 Å². The van der Waals surface area contributed by atoms with E-state index in [0.29, 0.717) is 17.2 Å². The molecule has 120 valence electrons. The van der Waals surface area contributed by atoms with Crippen molar-refractivity contribution in [2.75, 3.05) is 26.4 Å². The number of halogens is 1. The number of hydrogen-bond acceptors (Lipinski definition) is 5. The number of esters is 1. The van der Waals surface area contributed by atoms with E-state index in [-0.39, 0.29) is 18.4 Å². The van der Waals surface area contributed by atoms with E-state index in [0.717, 1.165) is 22.5 Å². The van der Waals surface area contributed by atoms with E-state index < -0.39 is 0 Å². The molecule has 1 aromatic heterocycles. The van der Waals surface area contributed by atoms with E-state index in [2.05, 4.69) is 4.90 Å². The lowest BCUT2D eigenvalue weighted by atomic mass is 10.0. The van der Waals surface area contributed by atoms with Gasteiger partial charge in [-0.25, -0.2) is 4.79 Å². The van der Waals surface area contributed by atoms with Crippen LogP contribution in [0.4, 0.5) is 5.00 Å². The van der Waals surface area contributed by atoms with Gasteiger partial charge in [-0.3, -0.25) is 0 Å². The zero-order valence-electron chi connectivity index (χ0n) is 13.0. The third kappa shape index (κ3) is 4.00. The molecule has 0 spiro atoms. The molecule has 0 unspecified atom stereocenters. The van der Waals surface area contributed by atoms with Crippen molar-refractivity contribution in [3.63, 3.8) is 0 Å². The van der Waals surface area contributed by atoms with E-state index >= 15 is 0 Å². The van der Waals surface area contributed by atoms with Gasteiger partial charge in [0.2, 0.25) is 0 Å². The molecule has 0 aliphatic carbocycles. The van der Waals surface area contributed by atoms with Crippen LogP contribution >= 0.6 is 23.7 Å². The van der Waals surface area contributed by atoms with Gasteiger partial charge in [-0.05, 0) is 26.6 Å². The van der Waals surface area contributed by atoms with Gasteiger partial charge in [-0.15, -0.1) is 23.7 Å². The van der Waals surface area contributed by atoms with Gasteiger partial charge in [0, 0.05) is 17.0 Å². The molecule has 2 rings (SSSR count). The Morgan fingerprint density at radius 3 is 2.45 bits per heavy atom. The number of ether oxygens (including phenoxy) is 1. The monoisotopic (exact) mass is 340 g/mol. The lowest BCUT2D eigenvalue weighted by Crippen LogP contribution is -2.11. The van der Waals surface area contributed by atoms with Crippen molar-refractivity contribution in [3.05, 3.63) is 40.8 Å². The minimum Gasteiger partial charge on any atom is -0.462 e. The first-order chi connectivity index (χ1) is 10.0. The van der Waals surface area contributed by atoms with Crippen LogP contribution in [-0.2, 0) is 11.3 Å². The number of carbonyl (C=O) groups excluding carboxylic acids is 1. The molecule has 22 heavy (non-hydrogen) atoms. The Morgan fingerprint density at radius 1 is 1.27 bits per heavy atom. The highest BCUT2D eigenvalue weighted by molar-refractivity contribution is 7.17. The van der Waals surface area contributed by atoms with Crippen LogP contribution < -0.4 is 5.73 Å². The maximum Gasteiger partial charge on any atom is 0.341 e. The summed E-state index contributed by atoms with van der Waals surface area (Å²) in [4.78, 5) is 15.4. The summed E-state index contributed by atoms with van der Waals surface area (Å²) in [5.74, 6) is -0.352. The van der Waals surface area contributed by atoms with E-state index in [4.69, 9.17) is 10.5 Å². The minimum absolute atomic E-state index is 0. The van der Waals surface area contributed by atoms with Crippen LogP contribution in [0.15, 0.2) is 30.3 Å². The number of nitrogens with two attached hydrogens (primary N) is 1. The summed E-state index contributed by atoms with van der Waals surface area (Å²) in [6.45, 7) is 2.87. The average molecular weight is 341 g/mol. The number of anilines is 1. The fraction of sp³-hybridized carbons (Fsp3) is 0.312. The largest absolute Gasteiger partial charge is 0.462 e. The molecular formula is C16H21ClN2O2S. The van der Waals surface area contributed by atoms with Crippen LogP contribution in [-0.4, -0.2) is 31.6 Å². The highest BCUT2D eigenvalue weighted by atomic mass is 35.5. The summed E-state index contributed by atoms with van der Waals surface area (Å²) in [6, 6.07) is 9.84. The third-order valence-electron chi connectivity index (χ3n) is 3.01. The number of hydrogen-bond donors (Lipinski definition) is 1. The lowest BCUT2D eigenvalue weighted by molar-refractivity contribution is 0.0529. The summed E-state index contributed by atoms with van der Waals surface area (Å²) in [6.07, 6.45) is 0. The fourth-order valence-electron chi connectivity index (χ4n) is 2.21. The molecule has 4 nitrogen and oxygen atoms in total. The summed E-state index contributed by atoms with van der Waals surface area (Å²) in [5.41, 5.74) is 8.46. The fourth-order valence-corrected chi connectivity index (χ4v) is 3.41. The first-order valence-electron chi connectivity index (χ1n) is 6.83. The number of carbonyl (C=O) groups is 1. The van der Waals surface area contributed by atoms with Gasteiger partial charge < -0.3 is 15.4 Å². The number of rotatable bonds is 5. The Kier molecular flexibility index (Phi) is 6.87. The van der Waals surface area contributed by atoms with Gasteiger partial charge in [-0.2, -0.15) is 0 Å². The highest BCUT2D eigenvalue weighted by Crippen LogP contribution is 2.39. The second-order valence-corrected chi connectivity index (χ2v) is 6.10. The molecule has 0 fully saturated rings. The number of benzene rings is 1. The van der Waals surface area contributed by atoms with Crippen molar-refractivity contribution in [2.24, 2.45) is 0 Å². The van der Waals surface area contributed by atoms with Crippen molar-refractivity contribution in [1.82, 2.24) is 4.90 Å². The van der Waals surface area contributed by atoms with E-state index in [1.807, 2.05) is 44.4 Å². The van der Waals surface area contributed by atoms with Gasteiger partial charge in [0.05, 0.1) is 6.61 Å². The van der Waals surface area contributed by atoms with Crippen molar-refractivity contribution in [1.29, 1.82) is 0 Å². The lowest BCUT2D eigenvalue weighted by Gasteiger charge is -2.11. The molecular weight excluding hydrogens is 320 g/mol. The van der Waals surface area contributed by atoms with Crippen molar-refractivity contribution >= 4 is 34.7 Å². The van der Waals surface area contributed by atoms with E-state index in [1.165, 1.54) is 11.3 Å². The molecule has 1 heterocycles. The quantitative estimate of drug-likeness (QED) is 0.844. The third-order valence-corrected chi connectivity index (χ3v) is 4.01. The van der Waals surface area contributed by atoms with Gasteiger partial charge in [-0.1, -0.05) is 30.3 Å². The molecule has 0 radical (unpaired) electrons. The predicted molar refractivity (Wildman–Crippen MR) is 94.8 cm³/mol. The molecule has 1 aromatic carbocycles. The van der Waals surface area contributed by atoms with Crippen LogP contribution in [0.5, 0.6) is 0 Å². The summed E-state index contributed by atoms with van der Waals surface area (Å²) >= 11 is 1.45. The second-order valence-electron chi connectivity index (χ2n) is 4.96. The molecule has 0 bridgehead atoms. The molecule has 0 atom stereocenters. The summed E-state index contributed by atoms with van der Waals surface area (Å²) < 4.78 is 5.16. The smallest absolute Gasteiger partial charge is 0.341 e. The minimum atomic E-state index is -0.352. The van der Waals surface area contributed by atoms with Crippen molar-refractivity contribution < 1.29 is 9.53 Å². The predicted octanol–water partition coefficient (Wildman–Crippen LogP) is 3.66. The van der Waals surface area contributed by atoms with Crippen molar-refractivity contribution in [3.8, 4) is 11.1 Å². The number of thiophene rings is 1. The maximum absolute atomic E-state index is 12.2. The molecule has 2 N–H and O–H groups in total. The molecule has 6 heteroatoms. The van der Waals surface area contributed by atoms with Gasteiger partial charge in [0.1, 0.15) is 10.6 Å². The second kappa shape index (κ2) is 8.17. The SMILES string of the molecule is CCOC(=O)c1c(N)sc(CN(C)C)c1-c1ccccc1.Cl. The Morgan fingerprint density at radius 2 is 1.91 bits per heavy atom. The molecule has 0 saturated carbocycles. The van der Waals surface area contributed by atoms with Gasteiger partial charge in [0.25, 0.3) is 0 Å². The molecule has 0 saturated heterocycles. The Bertz CT molecular complexity index is 627. The maximum atomic E-state index is 12.2. The molecule has 0 aliphatic heterocycles. The zero-order chi connectivity index (χ0) is 15.4. The average Bonchev–Trinajstić information content (AvgIpc) is 2.75. The van der Waals surface area contributed by atoms with Gasteiger partial charge in [0.15, 0.2) is 0 Å². The van der Waals surface area contributed by atoms with Crippen LogP contribution in [0.2, 0.25) is 0 Å².